The number of piperazine rings is 1. The highest BCUT2D eigenvalue weighted by atomic mass is 32.2. The summed E-state index contributed by atoms with van der Waals surface area (Å²) >= 11 is 1.60. The lowest BCUT2D eigenvalue weighted by atomic mass is 10.1. The fraction of sp³-hybridized carbons (Fsp3) is 0.333. The van der Waals surface area contributed by atoms with Crippen LogP contribution >= 0.6 is 11.8 Å². The van der Waals surface area contributed by atoms with E-state index in [0.717, 1.165) is 33.7 Å². The first-order chi connectivity index (χ1) is 21.0. The van der Waals surface area contributed by atoms with Gasteiger partial charge >= 0.3 is 0 Å². The van der Waals surface area contributed by atoms with E-state index in [4.69, 9.17) is 9.47 Å². The summed E-state index contributed by atoms with van der Waals surface area (Å²) < 4.78 is 13.1. The number of thioether (sulfide) groups is 1. The molecule has 1 atom stereocenters. The third kappa shape index (κ3) is 7.95. The molecule has 5 rings (SSSR count). The molecule has 1 aliphatic heterocycles. The van der Waals surface area contributed by atoms with Crippen molar-refractivity contribution < 1.29 is 19.1 Å². The first kappa shape index (κ1) is 30.2. The highest BCUT2D eigenvalue weighted by Crippen LogP contribution is 2.26. The number of aromatic nitrogens is 3. The number of hydrogen-bond acceptors (Lipinski definition) is 7. The lowest BCUT2D eigenvalue weighted by Crippen LogP contribution is -2.56. The van der Waals surface area contributed by atoms with Crippen molar-refractivity contribution in [3.8, 4) is 17.2 Å². The van der Waals surface area contributed by atoms with Crippen molar-refractivity contribution in [3.05, 3.63) is 96.3 Å². The lowest BCUT2D eigenvalue weighted by Gasteiger charge is -2.39. The maximum atomic E-state index is 13.0. The predicted octanol–water partition coefficient (Wildman–Crippen LogP) is 4.88. The van der Waals surface area contributed by atoms with Crippen molar-refractivity contribution in [2.24, 2.45) is 0 Å². The molecule has 1 saturated heterocycles. The second kappa shape index (κ2) is 14.7. The van der Waals surface area contributed by atoms with Crippen LogP contribution in [0.1, 0.15) is 31.2 Å². The summed E-state index contributed by atoms with van der Waals surface area (Å²) in [4.78, 5) is 29.5. The monoisotopic (exact) mass is 599 g/mol. The van der Waals surface area contributed by atoms with Crippen LogP contribution in [0.3, 0.4) is 0 Å². The van der Waals surface area contributed by atoms with Gasteiger partial charge in [-0.3, -0.25) is 14.2 Å². The Hall–Kier alpha value is -4.31. The molecule has 224 valence electrons. The first-order valence-corrected chi connectivity index (χ1v) is 15.5. The van der Waals surface area contributed by atoms with Crippen LogP contribution in [0.4, 0.5) is 0 Å². The SMILES string of the molecule is COc1ccc(-n2c(Cc3ccccc3)nnc2SCCCC(=O)N2CCN(C(=O)COc3ccccc3)C(C)C2)cc1. The van der Waals surface area contributed by atoms with Gasteiger partial charge in [-0.15, -0.1) is 10.2 Å². The Balaban J connectivity index is 1.13. The van der Waals surface area contributed by atoms with Crippen LogP contribution in [0.2, 0.25) is 0 Å². The van der Waals surface area contributed by atoms with E-state index in [1.165, 1.54) is 0 Å². The Kier molecular flexibility index (Phi) is 10.3. The Morgan fingerprint density at radius 3 is 2.30 bits per heavy atom. The topological polar surface area (TPSA) is 89.8 Å². The molecule has 10 heteroatoms. The van der Waals surface area contributed by atoms with Crippen LogP contribution in [-0.4, -0.2) is 81.5 Å². The third-order valence-corrected chi connectivity index (χ3v) is 8.42. The van der Waals surface area contributed by atoms with E-state index in [9.17, 15) is 9.59 Å². The average Bonchev–Trinajstić information content (AvgIpc) is 3.44. The molecule has 0 bridgehead atoms. The molecule has 2 heterocycles. The van der Waals surface area contributed by atoms with E-state index >= 15 is 0 Å². The molecule has 0 saturated carbocycles. The fourth-order valence-electron chi connectivity index (χ4n) is 5.12. The van der Waals surface area contributed by atoms with Crippen molar-refractivity contribution in [2.75, 3.05) is 39.1 Å². The smallest absolute Gasteiger partial charge is 0.260 e. The van der Waals surface area contributed by atoms with Gasteiger partial charge in [0.1, 0.15) is 17.3 Å². The fourth-order valence-corrected chi connectivity index (χ4v) is 6.03. The zero-order chi connectivity index (χ0) is 30.0. The van der Waals surface area contributed by atoms with Crippen molar-refractivity contribution in [2.45, 2.75) is 37.4 Å². The minimum Gasteiger partial charge on any atom is -0.497 e. The summed E-state index contributed by atoms with van der Waals surface area (Å²) in [6, 6.07) is 27.3. The number of methoxy groups -OCH3 is 1. The molecular weight excluding hydrogens is 562 g/mol. The van der Waals surface area contributed by atoms with Crippen LogP contribution in [0, 0.1) is 0 Å². The number of amides is 2. The minimum atomic E-state index is -0.0648. The van der Waals surface area contributed by atoms with Crippen LogP contribution in [0.25, 0.3) is 5.69 Å². The number of nitrogens with zero attached hydrogens (tertiary/aromatic N) is 5. The lowest BCUT2D eigenvalue weighted by molar-refractivity contribution is -0.143. The molecule has 1 aromatic heterocycles. The van der Waals surface area contributed by atoms with Crippen molar-refractivity contribution >= 4 is 23.6 Å². The molecule has 43 heavy (non-hydrogen) atoms. The maximum absolute atomic E-state index is 13.0. The summed E-state index contributed by atoms with van der Waals surface area (Å²) in [5.41, 5.74) is 2.12. The van der Waals surface area contributed by atoms with Gasteiger partial charge in [0.25, 0.3) is 5.91 Å². The quantitative estimate of drug-likeness (QED) is 0.169. The van der Waals surface area contributed by atoms with Gasteiger partial charge in [0.2, 0.25) is 5.91 Å². The van der Waals surface area contributed by atoms with Gasteiger partial charge in [0.05, 0.1) is 7.11 Å². The largest absolute Gasteiger partial charge is 0.497 e. The summed E-state index contributed by atoms with van der Waals surface area (Å²) in [6.07, 6.45) is 1.81. The molecular formula is C33H37N5O4S. The maximum Gasteiger partial charge on any atom is 0.260 e. The molecule has 0 spiro atoms. The zero-order valence-corrected chi connectivity index (χ0v) is 25.4. The molecule has 1 aliphatic rings. The van der Waals surface area contributed by atoms with Gasteiger partial charge in [-0.2, -0.15) is 0 Å². The summed E-state index contributed by atoms with van der Waals surface area (Å²) in [5, 5.41) is 9.82. The van der Waals surface area contributed by atoms with Crippen molar-refractivity contribution in [1.82, 2.24) is 24.6 Å². The number of hydrogen-bond donors (Lipinski definition) is 0. The predicted molar refractivity (Wildman–Crippen MR) is 167 cm³/mol. The molecule has 0 N–H and O–H groups in total. The number of carbonyl (C=O) groups excluding carboxylic acids is 2. The highest BCUT2D eigenvalue weighted by Gasteiger charge is 2.29. The van der Waals surface area contributed by atoms with Crippen LogP contribution in [-0.2, 0) is 16.0 Å². The van der Waals surface area contributed by atoms with Crippen molar-refractivity contribution in [1.29, 1.82) is 0 Å². The summed E-state index contributed by atoms with van der Waals surface area (Å²) in [7, 11) is 1.65. The van der Waals surface area contributed by atoms with Gasteiger partial charge in [-0.1, -0.05) is 60.3 Å². The van der Waals surface area contributed by atoms with Gasteiger partial charge < -0.3 is 19.3 Å². The van der Waals surface area contributed by atoms with Crippen LogP contribution in [0.15, 0.2) is 90.1 Å². The van der Waals surface area contributed by atoms with E-state index in [1.54, 1.807) is 18.9 Å². The van der Waals surface area contributed by atoms with E-state index in [2.05, 4.69) is 26.9 Å². The number of ether oxygens (including phenoxy) is 2. The Bertz CT molecular complexity index is 1480. The molecule has 2 amide bonds. The Labute approximate surface area is 256 Å². The van der Waals surface area contributed by atoms with Gasteiger partial charge in [-0.25, -0.2) is 0 Å². The molecule has 3 aromatic carbocycles. The third-order valence-electron chi connectivity index (χ3n) is 7.41. The van der Waals surface area contributed by atoms with Crippen LogP contribution < -0.4 is 9.47 Å². The Morgan fingerprint density at radius 2 is 1.60 bits per heavy atom. The second-order valence-electron chi connectivity index (χ2n) is 10.4. The van der Waals surface area contributed by atoms with Gasteiger partial charge in [0, 0.05) is 50.0 Å². The zero-order valence-electron chi connectivity index (χ0n) is 24.6. The number of benzene rings is 3. The average molecular weight is 600 g/mol. The molecule has 1 unspecified atom stereocenters. The van der Waals surface area contributed by atoms with Gasteiger partial charge in [-0.05, 0) is 55.3 Å². The molecule has 4 aromatic rings. The number of carbonyl (C=O) groups is 2. The molecule has 0 aliphatic carbocycles. The standard InChI is InChI=1S/C33H37N5O4S/c1-25-23-36(19-20-37(25)32(40)24-42-29-12-7-4-8-13-29)31(39)14-9-21-43-33-35-34-30(22-26-10-5-3-6-11-26)38(33)27-15-17-28(41-2)18-16-27/h3-8,10-13,15-18,25H,9,14,19-24H2,1-2H3. The van der Waals surface area contributed by atoms with E-state index in [1.807, 2.05) is 89.5 Å². The molecule has 0 radical (unpaired) electrons. The first-order valence-electron chi connectivity index (χ1n) is 14.5. The number of rotatable bonds is 12. The summed E-state index contributed by atoms with van der Waals surface area (Å²) in [6.45, 7) is 3.54. The minimum absolute atomic E-state index is 0.00622. The summed E-state index contributed by atoms with van der Waals surface area (Å²) in [5.74, 6) is 3.09. The van der Waals surface area contributed by atoms with Gasteiger partial charge in [0.15, 0.2) is 11.8 Å². The normalized spacial score (nSPS) is 14.9. The van der Waals surface area contributed by atoms with Crippen LogP contribution in [0.5, 0.6) is 11.5 Å². The second-order valence-corrected chi connectivity index (χ2v) is 11.5. The van der Waals surface area contributed by atoms with E-state index < -0.39 is 0 Å². The van der Waals surface area contributed by atoms with Crippen molar-refractivity contribution in [3.63, 3.8) is 0 Å². The highest BCUT2D eigenvalue weighted by molar-refractivity contribution is 7.99. The van der Waals surface area contributed by atoms with E-state index in [-0.39, 0.29) is 24.5 Å². The van der Waals surface area contributed by atoms with E-state index in [0.29, 0.717) is 44.6 Å². The number of para-hydroxylation sites is 1. The molecule has 1 fully saturated rings. The Morgan fingerprint density at radius 1 is 0.884 bits per heavy atom. The molecule has 9 nitrogen and oxygen atoms in total.